The molecule has 8 heteroatoms. The first-order chi connectivity index (χ1) is 14.7. The average molecular weight is 459 g/mol. The van der Waals surface area contributed by atoms with Crippen LogP contribution in [0.5, 0.6) is 11.5 Å². The summed E-state index contributed by atoms with van der Waals surface area (Å²) in [5.74, 6) is 0.746. The number of carbonyl (C=O) groups excluding carboxylic acids is 1. The first-order valence-electron chi connectivity index (χ1n) is 9.55. The number of carbonyl (C=O) groups is 1. The Hall–Kier alpha value is -3.03. The molecule has 0 aliphatic rings. The van der Waals surface area contributed by atoms with Gasteiger partial charge < -0.3 is 10.1 Å². The molecule has 0 aromatic heterocycles. The average Bonchev–Trinajstić information content (AvgIpc) is 2.72. The summed E-state index contributed by atoms with van der Waals surface area (Å²) in [5.41, 5.74) is 1.59. The Kier molecular flexibility index (Phi) is 6.87. The fourth-order valence-electron chi connectivity index (χ4n) is 3.07. The van der Waals surface area contributed by atoms with Gasteiger partial charge in [-0.05, 0) is 67.9 Å². The second-order valence-corrected chi connectivity index (χ2v) is 9.31. The molecule has 0 aliphatic heterocycles. The maximum atomic E-state index is 12.9. The van der Waals surface area contributed by atoms with Crippen molar-refractivity contribution in [3.8, 4) is 11.5 Å². The number of anilines is 2. The van der Waals surface area contributed by atoms with Crippen LogP contribution in [0, 0.1) is 6.92 Å². The predicted molar refractivity (Wildman–Crippen MR) is 125 cm³/mol. The van der Waals surface area contributed by atoms with E-state index in [0.717, 1.165) is 10.6 Å². The highest BCUT2D eigenvalue weighted by molar-refractivity contribution is 7.92. The van der Waals surface area contributed by atoms with E-state index in [2.05, 4.69) is 5.32 Å². The maximum absolute atomic E-state index is 12.9. The van der Waals surface area contributed by atoms with Gasteiger partial charge in [0.25, 0.3) is 0 Å². The van der Waals surface area contributed by atoms with Gasteiger partial charge in [-0.2, -0.15) is 0 Å². The van der Waals surface area contributed by atoms with E-state index >= 15 is 0 Å². The van der Waals surface area contributed by atoms with E-state index in [0.29, 0.717) is 33.5 Å². The van der Waals surface area contributed by atoms with Crippen LogP contribution < -0.4 is 14.4 Å². The SMILES string of the molecule is Cc1c(Cl)cccc1NC(=O)[C@@H](C)N(c1ccc(Oc2ccccc2)cc1)S(C)(=O)=O. The zero-order valence-corrected chi connectivity index (χ0v) is 18.9. The number of benzene rings is 3. The van der Waals surface area contributed by atoms with Crippen LogP contribution in [0.2, 0.25) is 5.02 Å². The molecule has 1 amide bonds. The number of hydrogen-bond acceptors (Lipinski definition) is 4. The highest BCUT2D eigenvalue weighted by Crippen LogP contribution is 2.28. The van der Waals surface area contributed by atoms with Gasteiger partial charge in [-0.25, -0.2) is 8.42 Å². The molecular formula is C23H23ClN2O4S. The summed E-state index contributed by atoms with van der Waals surface area (Å²) in [4.78, 5) is 12.9. The van der Waals surface area contributed by atoms with E-state index < -0.39 is 22.0 Å². The second kappa shape index (κ2) is 9.41. The van der Waals surface area contributed by atoms with Crippen molar-refractivity contribution in [2.45, 2.75) is 19.9 Å². The molecule has 0 unspecified atom stereocenters. The largest absolute Gasteiger partial charge is 0.457 e. The quantitative estimate of drug-likeness (QED) is 0.525. The highest BCUT2D eigenvalue weighted by atomic mass is 35.5. The Labute approximate surface area is 187 Å². The van der Waals surface area contributed by atoms with Crippen LogP contribution in [-0.2, 0) is 14.8 Å². The molecule has 6 nitrogen and oxygen atoms in total. The Morgan fingerprint density at radius 1 is 0.968 bits per heavy atom. The number of rotatable bonds is 7. The highest BCUT2D eigenvalue weighted by Gasteiger charge is 2.29. The molecule has 162 valence electrons. The van der Waals surface area contributed by atoms with Gasteiger partial charge in [-0.15, -0.1) is 0 Å². The molecule has 0 fully saturated rings. The lowest BCUT2D eigenvalue weighted by Gasteiger charge is -2.28. The van der Waals surface area contributed by atoms with Crippen molar-refractivity contribution in [3.05, 3.63) is 83.4 Å². The number of ether oxygens (including phenoxy) is 1. The van der Waals surface area contributed by atoms with E-state index in [1.165, 1.54) is 6.92 Å². The van der Waals surface area contributed by atoms with Crippen LogP contribution >= 0.6 is 11.6 Å². The summed E-state index contributed by atoms with van der Waals surface area (Å²) >= 11 is 6.11. The fourth-order valence-corrected chi connectivity index (χ4v) is 4.42. The Balaban J connectivity index is 1.82. The third kappa shape index (κ3) is 5.57. The third-order valence-electron chi connectivity index (χ3n) is 4.68. The lowest BCUT2D eigenvalue weighted by Crippen LogP contribution is -2.45. The van der Waals surface area contributed by atoms with Gasteiger partial charge in [-0.3, -0.25) is 9.10 Å². The monoisotopic (exact) mass is 458 g/mol. The van der Waals surface area contributed by atoms with Gasteiger partial charge in [0.1, 0.15) is 17.5 Å². The van der Waals surface area contributed by atoms with Crippen LogP contribution in [-0.4, -0.2) is 26.6 Å². The van der Waals surface area contributed by atoms with E-state index in [1.54, 1.807) is 49.4 Å². The second-order valence-electron chi connectivity index (χ2n) is 7.05. The van der Waals surface area contributed by atoms with Gasteiger partial charge in [0.05, 0.1) is 11.9 Å². The molecule has 3 rings (SSSR count). The Morgan fingerprint density at radius 2 is 1.58 bits per heavy atom. The van der Waals surface area contributed by atoms with Gasteiger partial charge in [0.2, 0.25) is 15.9 Å². The van der Waals surface area contributed by atoms with Crippen molar-refractivity contribution < 1.29 is 17.9 Å². The lowest BCUT2D eigenvalue weighted by molar-refractivity contribution is -0.116. The molecule has 31 heavy (non-hydrogen) atoms. The van der Waals surface area contributed by atoms with Gasteiger partial charge in [0, 0.05) is 10.7 Å². The zero-order chi connectivity index (χ0) is 22.6. The molecule has 3 aromatic rings. The number of para-hydroxylation sites is 1. The molecule has 0 bridgehead atoms. The van der Waals surface area contributed by atoms with Crippen molar-refractivity contribution in [2.24, 2.45) is 0 Å². The minimum atomic E-state index is -3.74. The minimum Gasteiger partial charge on any atom is -0.457 e. The molecular weight excluding hydrogens is 436 g/mol. The summed E-state index contributed by atoms with van der Waals surface area (Å²) in [6, 6.07) is 19.9. The van der Waals surface area contributed by atoms with Crippen LogP contribution in [0.15, 0.2) is 72.8 Å². The molecule has 0 radical (unpaired) electrons. The molecule has 0 spiro atoms. The molecule has 3 aromatic carbocycles. The summed E-state index contributed by atoms with van der Waals surface area (Å²) in [6.07, 6.45) is 1.07. The number of amides is 1. The summed E-state index contributed by atoms with van der Waals surface area (Å²) in [5, 5.41) is 3.28. The van der Waals surface area contributed by atoms with Crippen molar-refractivity contribution >= 4 is 38.9 Å². The predicted octanol–water partition coefficient (Wildman–Crippen LogP) is 5.23. The van der Waals surface area contributed by atoms with Crippen LogP contribution in [0.25, 0.3) is 0 Å². The van der Waals surface area contributed by atoms with Crippen molar-refractivity contribution in [1.82, 2.24) is 0 Å². The number of halogens is 1. The fraction of sp³-hybridized carbons (Fsp3) is 0.174. The van der Waals surface area contributed by atoms with Crippen molar-refractivity contribution in [1.29, 1.82) is 0 Å². The molecule has 0 heterocycles. The molecule has 1 atom stereocenters. The smallest absolute Gasteiger partial charge is 0.248 e. The van der Waals surface area contributed by atoms with Crippen LogP contribution in [0.1, 0.15) is 12.5 Å². The van der Waals surface area contributed by atoms with Gasteiger partial charge >= 0.3 is 0 Å². The molecule has 1 N–H and O–H groups in total. The maximum Gasteiger partial charge on any atom is 0.248 e. The summed E-state index contributed by atoms with van der Waals surface area (Å²) in [7, 11) is -3.74. The van der Waals surface area contributed by atoms with E-state index in [-0.39, 0.29) is 0 Å². The Morgan fingerprint density at radius 3 is 2.19 bits per heavy atom. The Bertz CT molecular complexity index is 1170. The number of nitrogens with zero attached hydrogens (tertiary/aromatic N) is 1. The minimum absolute atomic E-state index is 0.355. The van der Waals surface area contributed by atoms with Gasteiger partial charge in [-0.1, -0.05) is 35.9 Å². The summed E-state index contributed by atoms with van der Waals surface area (Å²) < 4.78 is 31.9. The van der Waals surface area contributed by atoms with Crippen LogP contribution in [0.4, 0.5) is 11.4 Å². The first-order valence-corrected chi connectivity index (χ1v) is 11.8. The third-order valence-corrected chi connectivity index (χ3v) is 6.34. The van der Waals surface area contributed by atoms with Crippen LogP contribution in [0.3, 0.4) is 0 Å². The normalized spacial score (nSPS) is 12.1. The molecule has 0 saturated heterocycles. The van der Waals surface area contributed by atoms with Crippen molar-refractivity contribution in [3.63, 3.8) is 0 Å². The van der Waals surface area contributed by atoms with E-state index in [9.17, 15) is 13.2 Å². The first kappa shape index (κ1) is 22.7. The number of nitrogens with one attached hydrogen (secondary N) is 1. The lowest BCUT2D eigenvalue weighted by atomic mass is 10.2. The van der Waals surface area contributed by atoms with Gasteiger partial charge in [0.15, 0.2) is 0 Å². The molecule has 0 saturated carbocycles. The standard InChI is InChI=1S/C23H23ClN2O4S/c1-16-21(24)10-7-11-22(16)25-23(27)17(2)26(31(3,28)29)18-12-14-20(15-13-18)30-19-8-5-4-6-9-19/h4-15,17H,1-3H3,(H,25,27)/t17-/m1/s1. The topological polar surface area (TPSA) is 75.7 Å². The van der Waals surface area contributed by atoms with E-state index in [1.807, 2.05) is 30.3 Å². The number of sulfonamides is 1. The summed E-state index contributed by atoms with van der Waals surface area (Å²) in [6.45, 7) is 3.31. The zero-order valence-electron chi connectivity index (χ0n) is 17.4. The molecule has 0 aliphatic carbocycles. The van der Waals surface area contributed by atoms with E-state index in [4.69, 9.17) is 16.3 Å². The number of hydrogen-bond donors (Lipinski definition) is 1. The van der Waals surface area contributed by atoms with Crippen molar-refractivity contribution in [2.75, 3.05) is 15.9 Å².